The Bertz CT molecular complexity index is 1110. The first-order valence-corrected chi connectivity index (χ1v) is 12.8. The summed E-state index contributed by atoms with van der Waals surface area (Å²) in [5.74, 6) is -0.178. The first-order chi connectivity index (χ1) is 17.7. The summed E-state index contributed by atoms with van der Waals surface area (Å²) in [7, 11) is 0. The average Bonchev–Trinajstić information content (AvgIpc) is 3.48. The number of likely N-dealkylation sites (tertiary alicyclic amines) is 1. The van der Waals surface area contributed by atoms with Crippen molar-refractivity contribution in [2.24, 2.45) is 5.92 Å². The van der Waals surface area contributed by atoms with Crippen LogP contribution in [0.1, 0.15) is 41.9 Å². The minimum Gasteiger partial charge on any atom is -0.462 e. The number of hydrogen-bond donors (Lipinski definition) is 1. The number of carbonyl (C=O) groups excluding carboxylic acids is 1. The predicted octanol–water partition coefficient (Wildman–Crippen LogP) is 5.27. The van der Waals surface area contributed by atoms with Crippen molar-refractivity contribution in [3.05, 3.63) is 120 Å². The van der Waals surface area contributed by atoms with Gasteiger partial charge in [-0.3, -0.25) is 4.79 Å². The number of ether oxygens (including phenoxy) is 2. The summed E-state index contributed by atoms with van der Waals surface area (Å²) in [6.45, 7) is 0.750. The van der Waals surface area contributed by atoms with Crippen molar-refractivity contribution < 1.29 is 19.4 Å². The maximum absolute atomic E-state index is 14.1. The second-order valence-electron chi connectivity index (χ2n) is 9.58. The third-order valence-electron chi connectivity index (χ3n) is 7.30. The predicted molar refractivity (Wildman–Crippen MR) is 139 cm³/mol. The van der Waals surface area contributed by atoms with Gasteiger partial charge in [-0.2, -0.15) is 0 Å². The molecule has 1 N–H and O–H groups in total. The van der Waals surface area contributed by atoms with Crippen molar-refractivity contribution >= 4 is 5.91 Å². The Labute approximate surface area is 213 Å². The highest BCUT2D eigenvalue weighted by Crippen LogP contribution is 2.35. The number of carbonyl (C=O) groups is 1. The maximum Gasteiger partial charge on any atom is 0.234 e. The lowest BCUT2D eigenvalue weighted by Gasteiger charge is -2.42. The standard InChI is InChI=1S/C31H33NO4/c33-30(29(24-14-6-2-7-15-24)25-16-8-3-9-17-25)27-18-10-11-19-32(27)31(34)26(28-21-35-22-36-28)20-23-12-4-1-5-13-23/h1-9,12-17,21,26-27,29-30,33H,10-11,18-20,22H2. The number of nitrogens with zero attached hydrogens (tertiary/aromatic N) is 1. The lowest BCUT2D eigenvalue weighted by molar-refractivity contribution is -0.142. The van der Waals surface area contributed by atoms with Gasteiger partial charge in [-0.15, -0.1) is 0 Å². The molecule has 2 heterocycles. The summed E-state index contributed by atoms with van der Waals surface area (Å²) in [6.07, 6.45) is 4.01. The van der Waals surface area contributed by atoms with E-state index in [-0.39, 0.29) is 24.7 Å². The zero-order chi connectivity index (χ0) is 24.7. The molecule has 1 amide bonds. The summed E-state index contributed by atoms with van der Waals surface area (Å²) < 4.78 is 11.0. The number of hydrogen-bond acceptors (Lipinski definition) is 4. The number of rotatable bonds is 8. The molecule has 3 aromatic rings. The third-order valence-corrected chi connectivity index (χ3v) is 7.30. The van der Waals surface area contributed by atoms with Crippen LogP contribution in [0, 0.1) is 5.92 Å². The number of aliphatic hydroxyl groups excluding tert-OH is 1. The van der Waals surface area contributed by atoms with Crippen molar-refractivity contribution in [2.45, 2.75) is 43.7 Å². The fraction of sp³-hybridized carbons (Fsp3) is 0.323. The molecule has 5 rings (SSSR count). The highest BCUT2D eigenvalue weighted by atomic mass is 16.7. The van der Waals surface area contributed by atoms with E-state index in [0.29, 0.717) is 18.7 Å². The fourth-order valence-corrected chi connectivity index (χ4v) is 5.51. The zero-order valence-electron chi connectivity index (χ0n) is 20.4. The lowest BCUT2D eigenvalue weighted by Crippen LogP contribution is -2.53. The topological polar surface area (TPSA) is 59.0 Å². The molecule has 186 valence electrons. The van der Waals surface area contributed by atoms with E-state index < -0.39 is 12.0 Å². The van der Waals surface area contributed by atoms with Gasteiger partial charge in [0.1, 0.15) is 17.9 Å². The van der Waals surface area contributed by atoms with Crippen LogP contribution < -0.4 is 0 Å². The number of benzene rings is 3. The number of amides is 1. The molecular formula is C31H33NO4. The molecule has 2 aliphatic rings. The smallest absolute Gasteiger partial charge is 0.234 e. The minimum absolute atomic E-state index is 0.0146. The van der Waals surface area contributed by atoms with Crippen molar-refractivity contribution in [3.63, 3.8) is 0 Å². The van der Waals surface area contributed by atoms with E-state index in [0.717, 1.165) is 36.0 Å². The first-order valence-electron chi connectivity index (χ1n) is 12.8. The van der Waals surface area contributed by atoms with Gasteiger partial charge in [0.05, 0.1) is 12.1 Å². The van der Waals surface area contributed by atoms with Crippen molar-refractivity contribution in [1.29, 1.82) is 0 Å². The molecule has 36 heavy (non-hydrogen) atoms. The van der Waals surface area contributed by atoms with Gasteiger partial charge in [0, 0.05) is 12.5 Å². The SMILES string of the molecule is O=C(C(Cc1ccccc1)C1=COCO1)N1CCCCC1C(O)C(c1ccccc1)c1ccccc1. The van der Waals surface area contributed by atoms with E-state index >= 15 is 0 Å². The van der Waals surface area contributed by atoms with Gasteiger partial charge in [-0.25, -0.2) is 0 Å². The molecular weight excluding hydrogens is 450 g/mol. The second kappa shape index (κ2) is 11.4. The van der Waals surface area contributed by atoms with Gasteiger partial charge < -0.3 is 19.5 Å². The Morgan fingerprint density at radius 2 is 1.50 bits per heavy atom. The lowest BCUT2D eigenvalue weighted by atomic mass is 9.80. The Morgan fingerprint density at radius 1 is 0.889 bits per heavy atom. The van der Waals surface area contributed by atoms with Crippen molar-refractivity contribution in [3.8, 4) is 0 Å². The molecule has 0 aliphatic carbocycles. The van der Waals surface area contributed by atoms with E-state index in [4.69, 9.17) is 9.47 Å². The highest BCUT2D eigenvalue weighted by Gasteiger charge is 2.41. The molecule has 5 nitrogen and oxygen atoms in total. The Hall–Kier alpha value is -3.57. The highest BCUT2D eigenvalue weighted by molar-refractivity contribution is 5.82. The monoisotopic (exact) mass is 483 g/mol. The molecule has 0 aromatic heterocycles. The van der Waals surface area contributed by atoms with E-state index in [9.17, 15) is 9.90 Å². The van der Waals surface area contributed by atoms with Gasteiger partial charge in [0.15, 0.2) is 0 Å². The molecule has 0 radical (unpaired) electrons. The zero-order valence-corrected chi connectivity index (χ0v) is 20.4. The van der Waals surface area contributed by atoms with Crippen LogP contribution in [0.15, 0.2) is 103 Å². The van der Waals surface area contributed by atoms with E-state index in [1.807, 2.05) is 71.6 Å². The quantitative estimate of drug-likeness (QED) is 0.475. The van der Waals surface area contributed by atoms with E-state index in [1.165, 1.54) is 0 Å². The van der Waals surface area contributed by atoms with Crippen LogP contribution >= 0.6 is 0 Å². The minimum atomic E-state index is -0.744. The van der Waals surface area contributed by atoms with Crippen LogP contribution in [0.5, 0.6) is 0 Å². The molecule has 1 saturated heterocycles. The Balaban J connectivity index is 1.46. The number of piperidine rings is 1. The Kier molecular flexibility index (Phi) is 7.67. The van der Waals surface area contributed by atoms with Gasteiger partial charge >= 0.3 is 0 Å². The molecule has 2 aliphatic heterocycles. The molecule has 3 unspecified atom stereocenters. The van der Waals surface area contributed by atoms with Crippen molar-refractivity contribution in [1.82, 2.24) is 4.90 Å². The Morgan fingerprint density at radius 3 is 2.08 bits per heavy atom. The molecule has 3 aromatic carbocycles. The van der Waals surface area contributed by atoms with Crippen molar-refractivity contribution in [2.75, 3.05) is 13.3 Å². The molecule has 3 atom stereocenters. The fourth-order valence-electron chi connectivity index (χ4n) is 5.51. The van der Waals surface area contributed by atoms with E-state index in [1.54, 1.807) is 6.26 Å². The van der Waals surface area contributed by atoms with E-state index in [2.05, 4.69) is 24.3 Å². The summed E-state index contributed by atoms with van der Waals surface area (Å²) in [4.78, 5) is 16.0. The largest absolute Gasteiger partial charge is 0.462 e. The van der Waals surface area contributed by atoms with Gasteiger partial charge in [0.25, 0.3) is 0 Å². The van der Waals surface area contributed by atoms with Crippen LogP contribution in [-0.2, 0) is 20.7 Å². The number of aliphatic hydroxyl groups is 1. The molecule has 5 heteroatoms. The van der Waals surface area contributed by atoms with Crippen LogP contribution in [0.2, 0.25) is 0 Å². The van der Waals surface area contributed by atoms with Crippen LogP contribution in [0.4, 0.5) is 0 Å². The third kappa shape index (κ3) is 5.31. The summed E-state index contributed by atoms with van der Waals surface area (Å²) in [6, 6.07) is 29.9. The maximum atomic E-state index is 14.1. The average molecular weight is 484 g/mol. The molecule has 1 fully saturated rings. The molecule has 0 spiro atoms. The summed E-state index contributed by atoms with van der Waals surface area (Å²) in [5, 5.41) is 11.9. The van der Waals surface area contributed by atoms with Gasteiger partial charge in [-0.1, -0.05) is 91.0 Å². The van der Waals surface area contributed by atoms with Crippen LogP contribution in [0.25, 0.3) is 0 Å². The molecule has 0 saturated carbocycles. The van der Waals surface area contributed by atoms with Crippen LogP contribution in [-0.4, -0.2) is 41.4 Å². The first kappa shape index (κ1) is 24.1. The summed E-state index contributed by atoms with van der Waals surface area (Å²) >= 11 is 0. The second-order valence-corrected chi connectivity index (χ2v) is 9.58. The molecule has 0 bridgehead atoms. The van der Waals surface area contributed by atoms with Gasteiger partial charge in [-0.05, 0) is 42.4 Å². The summed E-state index contributed by atoms with van der Waals surface area (Å²) in [5.41, 5.74) is 3.16. The normalized spacial score (nSPS) is 19.2. The van der Waals surface area contributed by atoms with Crippen LogP contribution in [0.3, 0.4) is 0 Å². The van der Waals surface area contributed by atoms with Gasteiger partial charge in [0.2, 0.25) is 12.7 Å².